The fourth-order valence-electron chi connectivity index (χ4n) is 4.83. The Morgan fingerprint density at radius 1 is 0.929 bits per heavy atom. The Morgan fingerprint density at radius 2 is 1.64 bits per heavy atom. The normalized spacial score (nSPS) is 11.5. The molecule has 10 heteroatoms. The third kappa shape index (κ3) is 6.27. The first-order valence-electron chi connectivity index (χ1n) is 13.5. The Bertz CT molecular complexity index is 1790. The number of carboxylic acids is 1. The molecule has 0 spiro atoms. The fraction of sp³-hybridized carbons (Fsp3) is 0.188. The average molecular weight is 604 g/mol. The first-order chi connectivity index (χ1) is 20.3. The van der Waals surface area contributed by atoms with E-state index in [-0.39, 0.29) is 17.9 Å². The summed E-state index contributed by atoms with van der Waals surface area (Å²) in [5, 5.41) is 9.42. The number of carboxylic acid groups (broad SMARTS) is 1. The van der Waals surface area contributed by atoms with Gasteiger partial charge in [-0.15, -0.1) is 0 Å². The molecular formula is C32H30ClN3O5S. The van der Waals surface area contributed by atoms with Crippen LogP contribution in [-0.4, -0.2) is 42.7 Å². The van der Waals surface area contributed by atoms with Crippen LogP contribution in [0.25, 0.3) is 28.1 Å². The van der Waals surface area contributed by atoms with Crippen molar-refractivity contribution in [3.8, 4) is 22.8 Å². The Kier molecular flexibility index (Phi) is 8.80. The van der Waals surface area contributed by atoms with Crippen LogP contribution in [0.5, 0.6) is 5.75 Å². The molecule has 0 aliphatic carbocycles. The summed E-state index contributed by atoms with van der Waals surface area (Å²) in [5.74, 6) is 0.583. The van der Waals surface area contributed by atoms with Crippen LogP contribution in [0.2, 0.25) is 5.02 Å². The maximum atomic E-state index is 13.9. The van der Waals surface area contributed by atoms with E-state index in [0.29, 0.717) is 41.3 Å². The third-order valence-corrected chi connectivity index (χ3v) is 9.04. The van der Waals surface area contributed by atoms with E-state index in [9.17, 15) is 13.2 Å². The van der Waals surface area contributed by atoms with Gasteiger partial charge >= 0.3 is 5.97 Å². The van der Waals surface area contributed by atoms with Crippen LogP contribution in [-0.2, 0) is 14.8 Å². The van der Waals surface area contributed by atoms with Gasteiger partial charge in [0.05, 0.1) is 28.7 Å². The summed E-state index contributed by atoms with van der Waals surface area (Å²) in [5.41, 5.74) is 3.70. The van der Waals surface area contributed by atoms with E-state index in [2.05, 4.69) is 0 Å². The average Bonchev–Trinajstić information content (AvgIpc) is 3.38. The predicted octanol–water partition coefficient (Wildman–Crippen LogP) is 7.19. The molecule has 0 atom stereocenters. The molecule has 4 aromatic carbocycles. The zero-order chi connectivity index (χ0) is 29.7. The lowest BCUT2D eigenvalue weighted by Gasteiger charge is -2.25. The van der Waals surface area contributed by atoms with E-state index < -0.39 is 16.0 Å². The molecule has 0 aliphatic heterocycles. The summed E-state index contributed by atoms with van der Waals surface area (Å²) in [7, 11) is -2.33. The Labute approximate surface area is 249 Å². The first kappa shape index (κ1) is 29.2. The number of hydrogen-bond acceptors (Lipinski definition) is 5. The lowest BCUT2D eigenvalue weighted by molar-refractivity contribution is -0.137. The zero-order valence-electron chi connectivity index (χ0n) is 23.0. The van der Waals surface area contributed by atoms with Gasteiger partial charge in [-0.2, -0.15) is 0 Å². The molecule has 8 nitrogen and oxygen atoms in total. The monoisotopic (exact) mass is 603 g/mol. The number of benzene rings is 4. The third-order valence-electron chi connectivity index (χ3n) is 6.94. The lowest BCUT2D eigenvalue weighted by Crippen LogP contribution is -2.32. The van der Waals surface area contributed by atoms with Crippen molar-refractivity contribution >= 4 is 44.3 Å². The molecule has 0 unspecified atom stereocenters. The van der Waals surface area contributed by atoms with Crippen molar-refractivity contribution in [2.75, 3.05) is 18.0 Å². The largest absolute Gasteiger partial charge is 0.497 e. The number of nitrogens with zero attached hydrogens (tertiary/aromatic N) is 3. The van der Waals surface area contributed by atoms with Crippen molar-refractivity contribution in [3.63, 3.8) is 0 Å². The molecule has 0 aliphatic rings. The Hall–Kier alpha value is -4.34. The van der Waals surface area contributed by atoms with Gasteiger partial charge in [-0.05, 0) is 79.6 Å². The molecule has 0 saturated heterocycles. The zero-order valence-corrected chi connectivity index (χ0v) is 24.6. The number of aliphatic carboxylic acids is 1. The van der Waals surface area contributed by atoms with Gasteiger partial charge in [0.1, 0.15) is 11.6 Å². The molecule has 216 valence electrons. The number of aromatic nitrogens is 2. The number of methoxy groups -OCH3 is 1. The van der Waals surface area contributed by atoms with Crippen molar-refractivity contribution in [3.05, 3.63) is 102 Å². The number of ether oxygens (including phenoxy) is 1. The van der Waals surface area contributed by atoms with Gasteiger partial charge in [0.2, 0.25) is 0 Å². The minimum absolute atomic E-state index is 0.0426. The molecule has 5 aromatic rings. The highest BCUT2D eigenvalue weighted by Gasteiger charge is 2.26. The summed E-state index contributed by atoms with van der Waals surface area (Å²) in [4.78, 5) is 16.0. The highest BCUT2D eigenvalue weighted by molar-refractivity contribution is 7.92. The van der Waals surface area contributed by atoms with Gasteiger partial charge in [-0.25, -0.2) is 13.4 Å². The smallest absolute Gasteiger partial charge is 0.303 e. The summed E-state index contributed by atoms with van der Waals surface area (Å²) < 4.78 is 36.5. The number of halogens is 1. The maximum absolute atomic E-state index is 13.9. The van der Waals surface area contributed by atoms with Crippen LogP contribution in [0.3, 0.4) is 0 Å². The van der Waals surface area contributed by atoms with Crippen molar-refractivity contribution in [2.24, 2.45) is 0 Å². The Balaban J connectivity index is 1.60. The lowest BCUT2D eigenvalue weighted by atomic mass is 10.2. The van der Waals surface area contributed by atoms with Crippen molar-refractivity contribution < 1.29 is 23.1 Å². The van der Waals surface area contributed by atoms with Crippen LogP contribution in [0.15, 0.2) is 102 Å². The number of rotatable bonds is 12. The molecule has 0 saturated carbocycles. The van der Waals surface area contributed by atoms with E-state index in [4.69, 9.17) is 26.4 Å². The van der Waals surface area contributed by atoms with Gasteiger partial charge < -0.3 is 9.84 Å². The molecule has 1 heterocycles. The van der Waals surface area contributed by atoms with Crippen LogP contribution in [0.4, 0.5) is 5.69 Å². The minimum atomic E-state index is -3.95. The molecule has 0 bridgehead atoms. The van der Waals surface area contributed by atoms with E-state index >= 15 is 0 Å². The van der Waals surface area contributed by atoms with Crippen LogP contribution in [0.1, 0.15) is 25.7 Å². The molecule has 0 radical (unpaired) electrons. The number of carbonyl (C=O) groups is 1. The number of hydrogen-bond donors (Lipinski definition) is 1. The topological polar surface area (TPSA) is 102 Å². The summed E-state index contributed by atoms with van der Waals surface area (Å²) in [6, 6.07) is 29.0. The van der Waals surface area contributed by atoms with Crippen LogP contribution < -0.4 is 9.04 Å². The first-order valence-corrected chi connectivity index (χ1v) is 15.3. The molecule has 5 rings (SSSR count). The van der Waals surface area contributed by atoms with E-state index in [1.54, 1.807) is 31.4 Å². The number of imidazole rings is 1. The fourth-order valence-corrected chi connectivity index (χ4v) is 6.45. The molecule has 0 amide bonds. The highest BCUT2D eigenvalue weighted by atomic mass is 35.5. The molecule has 0 fully saturated rings. The van der Waals surface area contributed by atoms with Crippen molar-refractivity contribution in [1.29, 1.82) is 0 Å². The van der Waals surface area contributed by atoms with E-state index in [1.807, 2.05) is 65.2 Å². The van der Waals surface area contributed by atoms with E-state index in [0.717, 1.165) is 22.5 Å². The van der Waals surface area contributed by atoms with Gasteiger partial charge in [0, 0.05) is 29.2 Å². The quantitative estimate of drug-likeness (QED) is 0.151. The number of anilines is 1. The maximum Gasteiger partial charge on any atom is 0.303 e. The second kappa shape index (κ2) is 12.7. The second-order valence-corrected chi connectivity index (χ2v) is 12.0. The molecule has 42 heavy (non-hydrogen) atoms. The number of fused-ring (bicyclic) bond motifs is 1. The molecule has 1 aromatic heterocycles. The van der Waals surface area contributed by atoms with Crippen LogP contribution in [0, 0.1) is 0 Å². The van der Waals surface area contributed by atoms with Gasteiger partial charge in [0.25, 0.3) is 10.0 Å². The SMILES string of the molecule is COc1ccc(-n2c(-c3ccccc3)nc3cc(N(CCCCCC(=O)O)S(=O)(=O)c4ccc(Cl)cc4)ccc32)cc1. The number of unbranched alkanes of at least 4 members (excludes halogenated alkanes) is 2. The predicted molar refractivity (Wildman–Crippen MR) is 165 cm³/mol. The standard InChI is InChI=1S/C32H30ClN3O5S/c1-41-27-16-13-25(14-17-27)36-30-20-15-26(22-29(30)34-32(36)23-8-4-2-5-9-23)35(21-7-3-6-10-31(37)38)42(39,40)28-18-11-24(33)12-19-28/h2,4-5,8-9,11-20,22H,3,6-7,10,21H2,1H3,(H,37,38). The molecule has 1 N–H and O–H groups in total. The van der Waals surface area contributed by atoms with E-state index in [1.165, 1.54) is 16.4 Å². The molecular weight excluding hydrogens is 574 g/mol. The minimum Gasteiger partial charge on any atom is -0.497 e. The van der Waals surface area contributed by atoms with Gasteiger partial charge in [-0.1, -0.05) is 48.4 Å². The van der Waals surface area contributed by atoms with Crippen molar-refractivity contribution in [1.82, 2.24) is 9.55 Å². The van der Waals surface area contributed by atoms with Gasteiger partial charge in [-0.3, -0.25) is 13.7 Å². The number of sulfonamides is 1. The summed E-state index contributed by atoms with van der Waals surface area (Å²) in [6.45, 7) is 0.181. The second-order valence-electron chi connectivity index (χ2n) is 9.74. The van der Waals surface area contributed by atoms with Gasteiger partial charge in [0.15, 0.2) is 0 Å². The van der Waals surface area contributed by atoms with Crippen LogP contribution >= 0.6 is 11.6 Å². The summed E-state index contributed by atoms with van der Waals surface area (Å²) in [6.07, 6.45) is 1.58. The Morgan fingerprint density at radius 3 is 2.31 bits per heavy atom. The summed E-state index contributed by atoms with van der Waals surface area (Å²) >= 11 is 6.03. The highest BCUT2D eigenvalue weighted by Crippen LogP contribution is 2.33. The van der Waals surface area contributed by atoms with Crippen molar-refractivity contribution in [2.45, 2.75) is 30.6 Å².